The van der Waals surface area contributed by atoms with Crippen LogP contribution in [0.5, 0.6) is 5.88 Å². The fourth-order valence-corrected chi connectivity index (χ4v) is 2.63. The van der Waals surface area contributed by atoms with Crippen molar-refractivity contribution in [3.05, 3.63) is 18.3 Å². The maximum absolute atomic E-state index is 5.13. The molecular weight excluding hydrogens is 212 g/mol. The second kappa shape index (κ2) is 4.55. The molecule has 0 aromatic carbocycles. The topological polar surface area (TPSA) is 34.1 Å². The van der Waals surface area contributed by atoms with Crippen molar-refractivity contribution in [3.63, 3.8) is 0 Å². The molecule has 0 atom stereocenters. The summed E-state index contributed by atoms with van der Waals surface area (Å²) >= 11 is 0. The Morgan fingerprint density at radius 1 is 1.35 bits per heavy atom. The second-order valence-electron chi connectivity index (χ2n) is 5.31. The lowest BCUT2D eigenvalue weighted by atomic mass is 9.98. The van der Waals surface area contributed by atoms with Crippen LogP contribution in [0.25, 0.3) is 0 Å². The van der Waals surface area contributed by atoms with Crippen molar-refractivity contribution in [2.45, 2.75) is 25.7 Å². The fourth-order valence-electron chi connectivity index (χ4n) is 2.63. The third-order valence-corrected chi connectivity index (χ3v) is 3.94. The Morgan fingerprint density at radius 3 is 2.65 bits per heavy atom. The fraction of sp³-hybridized carbons (Fsp3) is 0.643. The highest BCUT2D eigenvalue weighted by molar-refractivity contribution is 5.45. The Kier molecular flexibility index (Phi) is 2.91. The largest absolute Gasteiger partial charge is 0.481 e. The van der Waals surface area contributed by atoms with Crippen LogP contribution in [0.15, 0.2) is 18.3 Å². The maximum atomic E-state index is 5.13. The van der Waals surface area contributed by atoms with Crippen LogP contribution in [0.3, 0.4) is 0 Å². The van der Waals surface area contributed by atoms with Crippen molar-refractivity contribution >= 4 is 5.69 Å². The minimum absolute atomic E-state index is 0.685. The van der Waals surface area contributed by atoms with Crippen LogP contribution < -0.4 is 10.1 Å². The van der Waals surface area contributed by atoms with Gasteiger partial charge in [-0.15, -0.1) is 0 Å². The molecule has 0 bridgehead atoms. The molecule has 92 valence electrons. The Morgan fingerprint density at radius 2 is 2.06 bits per heavy atom. The minimum atomic E-state index is 0.685. The van der Waals surface area contributed by atoms with Crippen LogP contribution in [0.4, 0.5) is 5.69 Å². The highest BCUT2D eigenvalue weighted by atomic mass is 16.5. The summed E-state index contributed by atoms with van der Waals surface area (Å²) in [4.78, 5) is 4.12. The van der Waals surface area contributed by atoms with Crippen molar-refractivity contribution in [1.29, 1.82) is 0 Å². The number of nitrogens with zero attached hydrogens (tertiary/aromatic N) is 1. The van der Waals surface area contributed by atoms with Crippen molar-refractivity contribution in [3.8, 4) is 5.88 Å². The number of rotatable bonds is 6. The molecule has 0 spiro atoms. The van der Waals surface area contributed by atoms with E-state index in [9.17, 15) is 0 Å². The van der Waals surface area contributed by atoms with E-state index in [4.69, 9.17) is 4.74 Å². The number of anilines is 1. The van der Waals surface area contributed by atoms with Crippen molar-refractivity contribution in [2.75, 3.05) is 19.0 Å². The normalized spacial score (nSPS) is 19.4. The van der Waals surface area contributed by atoms with Crippen LogP contribution >= 0.6 is 0 Å². The van der Waals surface area contributed by atoms with E-state index in [0.717, 1.165) is 30.0 Å². The van der Waals surface area contributed by atoms with Gasteiger partial charge in [-0.2, -0.15) is 0 Å². The van der Waals surface area contributed by atoms with E-state index in [1.165, 1.54) is 25.7 Å². The Bertz CT molecular complexity index is 374. The number of pyridine rings is 1. The van der Waals surface area contributed by atoms with Gasteiger partial charge >= 0.3 is 0 Å². The summed E-state index contributed by atoms with van der Waals surface area (Å²) in [5.74, 6) is 3.58. The number of hydrogen-bond donors (Lipinski definition) is 1. The molecule has 1 aromatic rings. The molecule has 2 aliphatic carbocycles. The molecule has 0 saturated heterocycles. The summed E-state index contributed by atoms with van der Waals surface area (Å²) < 4.78 is 5.13. The second-order valence-corrected chi connectivity index (χ2v) is 5.31. The lowest BCUT2D eigenvalue weighted by Crippen LogP contribution is -2.18. The molecular formula is C14H20N2O. The van der Waals surface area contributed by atoms with Crippen LogP contribution in [-0.4, -0.2) is 18.6 Å². The maximum Gasteiger partial charge on any atom is 0.214 e. The van der Waals surface area contributed by atoms with Crippen molar-refractivity contribution < 1.29 is 4.74 Å². The molecule has 1 N–H and O–H groups in total. The SMILES string of the molecule is COc1cc(NCC(C2CC2)C2CC2)ccn1. The molecule has 2 fully saturated rings. The van der Waals surface area contributed by atoms with Gasteiger partial charge in [-0.3, -0.25) is 0 Å². The molecule has 3 heteroatoms. The van der Waals surface area contributed by atoms with E-state index in [1.807, 2.05) is 12.1 Å². The van der Waals surface area contributed by atoms with Crippen LogP contribution in [0.1, 0.15) is 25.7 Å². The van der Waals surface area contributed by atoms with Gasteiger partial charge in [0.2, 0.25) is 5.88 Å². The summed E-state index contributed by atoms with van der Waals surface area (Å²) in [7, 11) is 1.66. The predicted octanol–water partition coefficient (Wildman–Crippen LogP) is 2.94. The Hall–Kier alpha value is -1.25. The minimum Gasteiger partial charge on any atom is -0.481 e. The molecule has 3 rings (SSSR count). The highest BCUT2D eigenvalue weighted by Gasteiger charge is 2.40. The zero-order valence-electron chi connectivity index (χ0n) is 10.4. The number of ether oxygens (including phenoxy) is 1. The highest BCUT2D eigenvalue weighted by Crippen LogP contribution is 2.49. The molecule has 2 aliphatic rings. The van der Waals surface area contributed by atoms with E-state index in [0.29, 0.717) is 5.88 Å². The van der Waals surface area contributed by atoms with Gasteiger partial charge in [-0.25, -0.2) is 4.98 Å². The quantitative estimate of drug-likeness (QED) is 0.818. The Balaban J connectivity index is 1.58. The molecule has 17 heavy (non-hydrogen) atoms. The first-order valence-electron chi connectivity index (χ1n) is 6.60. The summed E-state index contributed by atoms with van der Waals surface area (Å²) in [6, 6.07) is 3.98. The first-order chi connectivity index (χ1) is 8.36. The van der Waals surface area contributed by atoms with E-state index < -0.39 is 0 Å². The average molecular weight is 232 g/mol. The smallest absolute Gasteiger partial charge is 0.214 e. The van der Waals surface area contributed by atoms with Gasteiger partial charge in [0.15, 0.2) is 0 Å². The first kappa shape index (κ1) is 10.9. The molecule has 1 aromatic heterocycles. The molecule has 2 saturated carbocycles. The van der Waals surface area contributed by atoms with Crippen LogP contribution in [0, 0.1) is 17.8 Å². The molecule has 0 amide bonds. The number of hydrogen-bond acceptors (Lipinski definition) is 3. The van der Waals surface area contributed by atoms with E-state index >= 15 is 0 Å². The number of nitrogens with one attached hydrogen (secondary N) is 1. The monoisotopic (exact) mass is 232 g/mol. The van der Waals surface area contributed by atoms with Gasteiger partial charge in [0, 0.05) is 24.5 Å². The van der Waals surface area contributed by atoms with E-state index in [2.05, 4.69) is 10.3 Å². The van der Waals surface area contributed by atoms with Crippen molar-refractivity contribution in [1.82, 2.24) is 4.98 Å². The summed E-state index contributed by atoms with van der Waals surface area (Å²) in [6.07, 6.45) is 7.58. The third kappa shape index (κ3) is 2.71. The number of methoxy groups -OCH3 is 1. The summed E-state index contributed by atoms with van der Waals surface area (Å²) in [6.45, 7) is 1.11. The summed E-state index contributed by atoms with van der Waals surface area (Å²) in [5, 5.41) is 3.54. The van der Waals surface area contributed by atoms with Gasteiger partial charge in [0.1, 0.15) is 0 Å². The van der Waals surface area contributed by atoms with Gasteiger partial charge in [-0.05, 0) is 49.5 Å². The van der Waals surface area contributed by atoms with Gasteiger partial charge in [0.25, 0.3) is 0 Å². The zero-order chi connectivity index (χ0) is 11.7. The lowest BCUT2D eigenvalue weighted by molar-refractivity contribution is 0.398. The van der Waals surface area contributed by atoms with E-state index in [1.54, 1.807) is 13.3 Å². The van der Waals surface area contributed by atoms with Gasteiger partial charge < -0.3 is 10.1 Å². The van der Waals surface area contributed by atoms with E-state index in [-0.39, 0.29) is 0 Å². The predicted molar refractivity (Wildman–Crippen MR) is 68.2 cm³/mol. The Labute approximate surface area is 103 Å². The molecule has 0 radical (unpaired) electrons. The standard InChI is InChI=1S/C14H20N2O/c1-17-14-8-12(6-7-15-14)16-9-13(10-2-3-10)11-4-5-11/h6-8,10-11,13H,2-5,9H2,1H3,(H,15,16). The molecule has 0 unspecified atom stereocenters. The van der Waals surface area contributed by atoms with Gasteiger partial charge in [-0.1, -0.05) is 0 Å². The van der Waals surface area contributed by atoms with Gasteiger partial charge in [0.05, 0.1) is 7.11 Å². The zero-order valence-corrected chi connectivity index (χ0v) is 10.4. The molecule has 3 nitrogen and oxygen atoms in total. The van der Waals surface area contributed by atoms with Crippen LogP contribution in [0.2, 0.25) is 0 Å². The third-order valence-electron chi connectivity index (χ3n) is 3.94. The molecule has 0 aliphatic heterocycles. The molecule has 1 heterocycles. The summed E-state index contributed by atoms with van der Waals surface area (Å²) in [5.41, 5.74) is 1.13. The first-order valence-corrected chi connectivity index (χ1v) is 6.60. The lowest BCUT2D eigenvalue weighted by Gasteiger charge is -2.17. The number of aromatic nitrogens is 1. The van der Waals surface area contributed by atoms with Crippen molar-refractivity contribution in [2.24, 2.45) is 17.8 Å². The van der Waals surface area contributed by atoms with Crippen LogP contribution in [-0.2, 0) is 0 Å². The average Bonchev–Trinajstić information content (AvgIpc) is 3.22.